The minimum absolute atomic E-state index is 0.360. The van der Waals surface area contributed by atoms with E-state index in [0.29, 0.717) is 22.2 Å². The highest BCUT2D eigenvalue weighted by atomic mass is 32.1. The molecule has 5 nitrogen and oxygen atoms in total. The maximum Gasteiger partial charge on any atom is 0.248 e. The zero-order chi connectivity index (χ0) is 16.4. The number of carbonyl (C=O) groups excluding carboxylic acids is 1. The Morgan fingerprint density at radius 3 is 2.52 bits per heavy atom. The first-order valence-electron chi connectivity index (χ1n) is 7.16. The fraction of sp³-hybridized carbons (Fsp3) is 0.118. The van der Waals surface area contributed by atoms with Crippen molar-refractivity contribution in [2.24, 2.45) is 5.73 Å². The SMILES string of the molecule is CC1=C(C(N)=O)C(c2ccccc2)NC(=S)N1c1ccccn1. The van der Waals surface area contributed by atoms with Crippen molar-refractivity contribution >= 4 is 29.1 Å². The van der Waals surface area contributed by atoms with Gasteiger partial charge in [-0.2, -0.15) is 0 Å². The van der Waals surface area contributed by atoms with E-state index in [1.54, 1.807) is 11.1 Å². The molecule has 0 fully saturated rings. The van der Waals surface area contributed by atoms with Gasteiger partial charge in [0, 0.05) is 11.9 Å². The summed E-state index contributed by atoms with van der Waals surface area (Å²) in [5.41, 5.74) is 7.75. The highest BCUT2D eigenvalue weighted by molar-refractivity contribution is 7.80. The molecule has 3 rings (SSSR count). The summed E-state index contributed by atoms with van der Waals surface area (Å²) < 4.78 is 0. The molecule has 3 N–H and O–H groups in total. The number of nitrogens with two attached hydrogens (primary N) is 1. The number of primary amides is 1. The van der Waals surface area contributed by atoms with Crippen molar-refractivity contribution in [3.63, 3.8) is 0 Å². The van der Waals surface area contributed by atoms with Gasteiger partial charge in [0.1, 0.15) is 5.82 Å². The second-order valence-corrected chi connectivity index (χ2v) is 5.57. The molecule has 0 saturated carbocycles. The van der Waals surface area contributed by atoms with Crippen molar-refractivity contribution in [3.05, 3.63) is 71.6 Å². The molecule has 1 atom stereocenters. The lowest BCUT2D eigenvalue weighted by molar-refractivity contribution is -0.115. The van der Waals surface area contributed by atoms with Gasteiger partial charge in [-0.05, 0) is 36.8 Å². The standard InChI is InChI=1S/C17H16N4OS/c1-11-14(16(18)22)15(12-7-3-2-4-8-12)20-17(23)21(11)13-9-5-6-10-19-13/h2-10,15H,1H3,(H2,18,22)(H,20,23). The molecule has 0 radical (unpaired) electrons. The zero-order valence-electron chi connectivity index (χ0n) is 12.6. The summed E-state index contributed by atoms with van der Waals surface area (Å²) in [4.78, 5) is 18.1. The number of anilines is 1. The van der Waals surface area contributed by atoms with Crippen LogP contribution < -0.4 is 16.0 Å². The molecule has 2 aromatic rings. The molecule has 1 unspecified atom stereocenters. The van der Waals surface area contributed by atoms with Crippen molar-refractivity contribution in [2.45, 2.75) is 13.0 Å². The lowest BCUT2D eigenvalue weighted by atomic mass is 9.94. The van der Waals surface area contributed by atoms with E-state index in [1.165, 1.54) is 0 Å². The Morgan fingerprint density at radius 1 is 1.22 bits per heavy atom. The molecule has 1 aromatic heterocycles. The summed E-state index contributed by atoms with van der Waals surface area (Å²) >= 11 is 5.49. The van der Waals surface area contributed by atoms with Crippen LogP contribution in [0.25, 0.3) is 0 Å². The van der Waals surface area contributed by atoms with E-state index in [1.807, 2.05) is 55.5 Å². The normalized spacial score (nSPS) is 17.9. The van der Waals surface area contributed by atoms with Gasteiger partial charge in [-0.3, -0.25) is 9.69 Å². The first-order valence-corrected chi connectivity index (χ1v) is 7.57. The number of thiocarbonyl (C=S) groups is 1. The number of hydrogen-bond donors (Lipinski definition) is 2. The molecule has 0 bridgehead atoms. The zero-order valence-corrected chi connectivity index (χ0v) is 13.4. The van der Waals surface area contributed by atoms with Crippen LogP contribution in [0.4, 0.5) is 5.82 Å². The number of nitrogens with one attached hydrogen (secondary N) is 1. The van der Waals surface area contributed by atoms with Crippen molar-refractivity contribution in [1.29, 1.82) is 0 Å². The number of amides is 1. The molecular weight excluding hydrogens is 308 g/mol. The largest absolute Gasteiger partial charge is 0.366 e. The van der Waals surface area contributed by atoms with E-state index in [2.05, 4.69) is 10.3 Å². The summed E-state index contributed by atoms with van der Waals surface area (Å²) in [6.07, 6.45) is 1.68. The molecule has 1 aliphatic rings. The Kier molecular flexibility index (Phi) is 4.08. The smallest absolute Gasteiger partial charge is 0.248 e. The molecule has 6 heteroatoms. The Balaban J connectivity index is 2.12. The molecule has 1 aromatic carbocycles. The predicted octanol–water partition coefficient (Wildman–Crippen LogP) is 2.28. The summed E-state index contributed by atoms with van der Waals surface area (Å²) in [6, 6.07) is 14.8. The fourth-order valence-corrected chi connectivity index (χ4v) is 3.07. The monoisotopic (exact) mass is 324 g/mol. The Morgan fingerprint density at radius 2 is 1.91 bits per heavy atom. The summed E-state index contributed by atoms with van der Waals surface area (Å²) in [6.45, 7) is 1.83. The van der Waals surface area contributed by atoms with Gasteiger partial charge in [-0.15, -0.1) is 0 Å². The van der Waals surface area contributed by atoms with Gasteiger partial charge in [0.05, 0.1) is 11.6 Å². The van der Waals surface area contributed by atoms with Crippen LogP contribution in [0.1, 0.15) is 18.5 Å². The number of rotatable bonds is 3. The highest BCUT2D eigenvalue weighted by Crippen LogP contribution is 2.32. The first-order chi connectivity index (χ1) is 11.1. The van der Waals surface area contributed by atoms with Crippen LogP contribution in [0.3, 0.4) is 0 Å². The lowest BCUT2D eigenvalue weighted by Gasteiger charge is -2.36. The second-order valence-electron chi connectivity index (χ2n) is 5.18. The molecule has 2 heterocycles. The number of allylic oxidation sites excluding steroid dienone is 1. The fourth-order valence-electron chi connectivity index (χ4n) is 2.72. The van der Waals surface area contributed by atoms with Crippen LogP contribution in [0, 0.1) is 0 Å². The number of benzene rings is 1. The van der Waals surface area contributed by atoms with Gasteiger partial charge in [0.25, 0.3) is 0 Å². The summed E-state index contributed by atoms with van der Waals surface area (Å²) in [5, 5.41) is 3.69. The van der Waals surface area contributed by atoms with Crippen molar-refractivity contribution < 1.29 is 4.79 Å². The van der Waals surface area contributed by atoms with Crippen LogP contribution in [0.15, 0.2) is 66.0 Å². The van der Waals surface area contributed by atoms with Crippen molar-refractivity contribution in [1.82, 2.24) is 10.3 Å². The number of pyridine rings is 1. The van der Waals surface area contributed by atoms with E-state index >= 15 is 0 Å². The van der Waals surface area contributed by atoms with Gasteiger partial charge in [0.15, 0.2) is 5.11 Å². The van der Waals surface area contributed by atoms with E-state index in [4.69, 9.17) is 18.0 Å². The maximum absolute atomic E-state index is 12.1. The lowest BCUT2D eigenvalue weighted by Crippen LogP contribution is -2.49. The van der Waals surface area contributed by atoms with Crippen LogP contribution >= 0.6 is 12.2 Å². The van der Waals surface area contributed by atoms with Gasteiger partial charge in [-0.1, -0.05) is 36.4 Å². The Bertz CT molecular complexity index is 774. The average molecular weight is 324 g/mol. The van der Waals surface area contributed by atoms with Gasteiger partial charge in [-0.25, -0.2) is 4.98 Å². The van der Waals surface area contributed by atoms with Gasteiger partial charge in [0.2, 0.25) is 5.91 Å². The van der Waals surface area contributed by atoms with Gasteiger partial charge < -0.3 is 11.1 Å². The Hall–Kier alpha value is -2.73. The molecule has 1 amide bonds. The molecule has 0 saturated heterocycles. The van der Waals surface area contributed by atoms with Crippen molar-refractivity contribution in [3.8, 4) is 0 Å². The summed E-state index contributed by atoms with van der Waals surface area (Å²) in [5.74, 6) is 0.167. The van der Waals surface area contributed by atoms with E-state index in [9.17, 15) is 4.79 Å². The molecule has 1 aliphatic heterocycles. The van der Waals surface area contributed by atoms with E-state index < -0.39 is 5.91 Å². The van der Waals surface area contributed by atoms with Crippen LogP contribution in [-0.4, -0.2) is 16.0 Å². The third-order valence-electron chi connectivity index (χ3n) is 3.76. The highest BCUT2D eigenvalue weighted by Gasteiger charge is 2.33. The minimum atomic E-state index is -0.479. The quantitative estimate of drug-likeness (QED) is 0.848. The molecule has 23 heavy (non-hydrogen) atoms. The third kappa shape index (κ3) is 2.80. The van der Waals surface area contributed by atoms with E-state index in [0.717, 1.165) is 5.56 Å². The second kappa shape index (κ2) is 6.18. The predicted molar refractivity (Wildman–Crippen MR) is 93.5 cm³/mol. The molecular formula is C17H16N4OS. The van der Waals surface area contributed by atoms with Crippen LogP contribution in [0.2, 0.25) is 0 Å². The van der Waals surface area contributed by atoms with Crippen molar-refractivity contribution in [2.75, 3.05) is 4.90 Å². The number of hydrogen-bond acceptors (Lipinski definition) is 3. The number of nitrogens with zero attached hydrogens (tertiary/aromatic N) is 2. The maximum atomic E-state index is 12.1. The Labute approximate surface area is 139 Å². The minimum Gasteiger partial charge on any atom is -0.366 e. The number of carbonyl (C=O) groups is 1. The first kappa shape index (κ1) is 15.2. The molecule has 0 spiro atoms. The molecule has 116 valence electrons. The average Bonchev–Trinajstić information content (AvgIpc) is 2.55. The summed E-state index contributed by atoms with van der Waals surface area (Å²) in [7, 11) is 0. The topological polar surface area (TPSA) is 71.2 Å². The van der Waals surface area contributed by atoms with Gasteiger partial charge >= 0.3 is 0 Å². The number of aromatic nitrogens is 1. The third-order valence-corrected chi connectivity index (χ3v) is 4.06. The van der Waals surface area contributed by atoms with E-state index in [-0.39, 0.29) is 6.04 Å². The van der Waals surface area contributed by atoms with Crippen LogP contribution in [-0.2, 0) is 4.79 Å². The molecule has 0 aliphatic carbocycles. The van der Waals surface area contributed by atoms with Crippen LogP contribution in [0.5, 0.6) is 0 Å².